The number of benzene rings is 2. The Morgan fingerprint density at radius 2 is 2.00 bits per heavy atom. The third kappa shape index (κ3) is 5.14. The number of rotatable bonds is 6. The van der Waals surface area contributed by atoms with E-state index in [1.165, 1.54) is 5.56 Å². The van der Waals surface area contributed by atoms with Crippen molar-refractivity contribution < 1.29 is 9.84 Å². The highest BCUT2D eigenvalue weighted by molar-refractivity contribution is 7.99. The molecule has 0 aliphatic carbocycles. The molecule has 3 nitrogen and oxygen atoms in total. The van der Waals surface area contributed by atoms with E-state index in [4.69, 9.17) is 10.00 Å². The van der Waals surface area contributed by atoms with Crippen molar-refractivity contribution in [1.82, 2.24) is 0 Å². The van der Waals surface area contributed by atoms with Crippen molar-refractivity contribution in [3.8, 4) is 11.8 Å². The Morgan fingerprint density at radius 3 is 2.67 bits per heavy atom. The molecule has 0 aliphatic rings. The fourth-order valence-electron chi connectivity index (χ4n) is 1.76. The van der Waals surface area contributed by atoms with E-state index in [9.17, 15) is 5.11 Å². The van der Waals surface area contributed by atoms with E-state index >= 15 is 0 Å². The molecular weight excluding hydrogens is 282 g/mol. The van der Waals surface area contributed by atoms with E-state index in [0.717, 1.165) is 4.90 Å². The molecule has 0 aliphatic heterocycles. The van der Waals surface area contributed by atoms with Crippen LogP contribution in [0.3, 0.4) is 0 Å². The van der Waals surface area contributed by atoms with Crippen LogP contribution >= 0.6 is 11.8 Å². The summed E-state index contributed by atoms with van der Waals surface area (Å²) in [5, 5.41) is 18.7. The van der Waals surface area contributed by atoms with Crippen LogP contribution in [0.15, 0.2) is 53.4 Å². The maximum absolute atomic E-state index is 9.94. The van der Waals surface area contributed by atoms with E-state index in [1.807, 2.05) is 12.1 Å². The van der Waals surface area contributed by atoms with Crippen LogP contribution in [0.5, 0.6) is 5.75 Å². The van der Waals surface area contributed by atoms with Gasteiger partial charge in [-0.2, -0.15) is 5.26 Å². The lowest BCUT2D eigenvalue weighted by Crippen LogP contribution is -2.20. The lowest BCUT2D eigenvalue weighted by Gasteiger charge is -2.12. The predicted octanol–water partition coefficient (Wildman–Crippen LogP) is 3.40. The second-order valence-electron chi connectivity index (χ2n) is 4.73. The summed E-state index contributed by atoms with van der Waals surface area (Å²) >= 11 is 1.61. The van der Waals surface area contributed by atoms with Gasteiger partial charge in [0, 0.05) is 10.6 Å². The molecule has 1 atom stereocenters. The van der Waals surface area contributed by atoms with Crippen LogP contribution < -0.4 is 4.74 Å². The van der Waals surface area contributed by atoms with Crippen LogP contribution in [0.2, 0.25) is 0 Å². The predicted molar refractivity (Wildman–Crippen MR) is 84.6 cm³/mol. The van der Waals surface area contributed by atoms with Gasteiger partial charge in [0.2, 0.25) is 0 Å². The molecule has 2 aromatic carbocycles. The molecule has 0 amide bonds. The van der Waals surface area contributed by atoms with Crippen molar-refractivity contribution in [2.45, 2.75) is 17.9 Å². The van der Waals surface area contributed by atoms with Crippen LogP contribution in [0.1, 0.15) is 11.1 Å². The number of thioether (sulfide) groups is 1. The van der Waals surface area contributed by atoms with Gasteiger partial charge in [0.05, 0.1) is 17.7 Å². The van der Waals surface area contributed by atoms with E-state index < -0.39 is 6.10 Å². The third-order valence-electron chi connectivity index (χ3n) is 2.86. The van der Waals surface area contributed by atoms with Crippen LogP contribution in [-0.2, 0) is 0 Å². The minimum atomic E-state index is -0.536. The van der Waals surface area contributed by atoms with Crippen molar-refractivity contribution in [3.05, 3.63) is 59.7 Å². The number of hydrogen-bond donors (Lipinski definition) is 1. The van der Waals surface area contributed by atoms with Crippen LogP contribution in [0.25, 0.3) is 0 Å². The first-order chi connectivity index (χ1) is 10.2. The van der Waals surface area contributed by atoms with E-state index in [2.05, 4.69) is 25.1 Å². The van der Waals surface area contributed by atoms with Gasteiger partial charge in [0.25, 0.3) is 0 Å². The van der Waals surface area contributed by atoms with Gasteiger partial charge in [0.15, 0.2) is 0 Å². The summed E-state index contributed by atoms with van der Waals surface area (Å²) in [6, 6.07) is 17.1. The number of nitriles is 1. The summed E-state index contributed by atoms with van der Waals surface area (Å²) in [5.41, 5.74) is 1.81. The van der Waals surface area contributed by atoms with E-state index in [1.54, 1.807) is 36.0 Å². The fourth-order valence-corrected chi connectivity index (χ4v) is 2.69. The van der Waals surface area contributed by atoms with Crippen molar-refractivity contribution in [2.75, 3.05) is 12.4 Å². The Kier molecular flexibility index (Phi) is 5.68. The summed E-state index contributed by atoms with van der Waals surface area (Å²) in [4.78, 5) is 1.15. The van der Waals surface area contributed by atoms with Gasteiger partial charge >= 0.3 is 0 Å². The minimum absolute atomic E-state index is 0.241. The second kappa shape index (κ2) is 7.72. The van der Waals surface area contributed by atoms with Crippen LogP contribution in [-0.4, -0.2) is 23.6 Å². The quantitative estimate of drug-likeness (QED) is 0.831. The summed E-state index contributed by atoms with van der Waals surface area (Å²) < 4.78 is 5.51. The second-order valence-corrected chi connectivity index (χ2v) is 5.82. The number of aliphatic hydroxyl groups is 1. The normalized spacial score (nSPS) is 11.7. The van der Waals surface area contributed by atoms with Gasteiger partial charge in [0.1, 0.15) is 12.4 Å². The van der Waals surface area contributed by atoms with Crippen molar-refractivity contribution in [2.24, 2.45) is 0 Å². The van der Waals surface area contributed by atoms with Gasteiger partial charge in [-0.1, -0.05) is 17.7 Å². The lowest BCUT2D eigenvalue weighted by atomic mass is 10.2. The molecule has 0 radical (unpaired) electrons. The van der Waals surface area contributed by atoms with Crippen LogP contribution in [0.4, 0.5) is 0 Å². The maximum Gasteiger partial charge on any atom is 0.119 e. The fraction of sp³-hybridized carbons (Fsp3) is 0.235. The first-order valence-corrected chi connectivity index (χ1v) is 7.66. The van der Waals surface area contributed by atoms with E-state index in [0.29, 0.717) is 17.1 Å². The molecule has 0 aromatic heterocycles. The molecule has 0 bridgehead atoms. The molecule has 2 rings (SSSR count). The molecule has 1 N–H and O–H groups in total. The number of nitrogens with zero attached hydrogens (tertiary/aromatic N) is 1. The highest BCUT2D eigenvalue weighted by atomic mass is 32.2. The summed E-state index contributed by atoms with van der Waals surface area (Å²) in [7, 11) is 0. The molecule has 2 aromatic rings. The average Bonchev–Trinajstić information content (AvgIpc) is 2.51. The molecular formula is C17H17NO2S. The van der Waals surface area contributed by atoms with Gasteiger partial charge in [-0.25, -0.2) is 0 Å². The van der Waals surface area contributed by atoms with Gasteiger partial charge < -0.3 is 9.84 Å². The molecule has 0 heterocycles. The Balaban J connectivity index is 1.76. The first-order valence-electron chi connectivity index (χ1n) is 6.68. The third-order valence-corrected chi connectivity index (χ3v) is 4.00. The SMILES string of the molecule is Cc1cccc(SCC(O)COc2ccc(C#N)cc2)c1. The smallest absolute Gasteiger partial charge is 0.119 e. The number of aryl methyl sites for hydroxylation is 1. The van der Waals surface area contributed by atoms with Gasteiger partial charge in [-0.05, 0) is 43.3 Å². The average molecular weight is 299 g/mol. The molecule has 0 saturated carbocycles. The number of ether oxygens (including phenoxy) is 1. The van der Waals surface area contributed by atoms with E-state index in [-0.39, 0.29) is 6.61 Å². The minimum Gasteiger partial charge on any atom is -0.491 e. The zero-order valence-corrected chi connectivity index (χ0v) is 12.6. The monoisotopic (exact) mass is 299 g/mol. The Morgan fingerprint density at radius 1 is 1.24 bits per heavy atom. The topological polar surface area (TPSA) is 53.2 Å². The Labute approximate surface area is 129 Å². The lowest BCUT2D eigenvalue weighted by molar-refractivity contribution is 0.126. The first kappa shape index (κ1) is 15.4. The summed E-state index contributed by atoms with van der Waals surface area (Å²) in [6.45, 7) is 2.29. The number of aliphatic hydroxyl groups excluding tert-OH is 1. The zero-order chi connectivity index (χ0) is 15.1. The Hall–Kier alpha value is -1.96. The zero-order valence-electron chi connectivity index (χ0n) is 11.8. The van der Waals surface area contributed by atoms with Crippen molar-refractivity contribution in [1.29, 1.82) is 5.26 Å². The molecule has 0 saturated heterocycles. The summed E-state index contributed by atoms with van der Waals surface area (Å²) in [5.74, 6) is 1.24. The van der Waals surface area contributed by atoms with Crippen molar-refractivity contribution in [3.63, 3.8) is 0 Å². The molecule has 4 heteroatoms. The largest absolute Gasteiger partial charge is 0.491 e. The highest BCUT2D eigenvalue weighted by Crippen LogP contribution is 2.20. The molecule has 0 fully saturated rings. The molecule has 108 valence electrons. The Bertz CT molecular complexity index is 619. The van der Waals surface area contributed by atoms with Gasteiger partial charge in [-0.3, -0.25) is 0 Å². The number of hydrogen-bond acceptors (Lipinski definition) is 4. The van der Waals surface area contributed by atoms with Gasteiger partial charge in [-0.15, -0.1) is 11.8 Å². The molecule has 0 spiro atoms. The van der Waals surface area contributed by atoms with Crippen LogP contribution in [0, 0.1) is 18.3 Å². The molecule has 21 heavy (non-hydrogen) atoms. The maximum atomic E-state index is 9.94. The van der Waals surface area contributed by atoms with Crippen molar-refractivity contribution >= 4 is 11.8 Å². The summed E-state index contributed by atoms with van der Waals surface area (Å²) in [6.07, 6.45) is -0.536. The molecule has 1 unspecified atom stereocenters. The highest BCUT2D eigenvalue weighted by Gasteiger charge is 2.06. The standard InChI is InChI=1S/C17H17NO2S/c1-13-3-2-4-17(9-13)21-12-15(19)11-20-16-7-5-14(10-18)6-8-16/h2-9,15,19H,11-12H2,1H3.